The van der Waals surface area contributed by atoms with Gasteiger partial charge in [-0.25, -0.2) is 0 Å². The summed E-state index contributed by atoms with van der Waals surface area (Å²) in [7, 11) is -0.810. The third-order valence-corrected chi connectivity index (χ3v) is 6.28. The molecule has 31 heavy (non-hydrogen) atoms. The Hall–Kier alpha value is -2.73. The maximum absolute atomic E-state index is 13.1. The van der Waals surface area contributed by atoms with Gasteiger partial charge in [0.1, 0.15) is 0 Å². The first-order valence-electron chi connectivity index (χ1n) is 10.7. The zero-order chi connectivity index (χ0) is 22.4. The van der Waals surface area contributed by atoms with Crippen LogP contribution in [0, 0.1) is 0 Å². The van der Waals surface area contributed by atoms with Crippen LogP contribution in [0.5, 0.6) is 0 Å². The second kappa shape index (κ2) is 10.1. The molecule has 1 heterocycles. The van der Waals surface area contributed by atoms with Gasteiger partial charge in [-0.1, -0.05) is 31.2 Å². The highest BCUT2D eigenvalue weighted by atomic mass is 32.2. The van der Waals surface area contributed by atoms with E-state index in [9.17, 15) is 9.00 Å². The Kier molecular flexibility index (Phi) is 7.44. The molecule has 3 aromatic rings. The molecular weight excluding hydrogens is 406 g/mol. The van der Waals surface area contributed by atoms with Crippen LogP contribution in [0.25, 0.3) is 10.9 Å². The van der Waals surface area contributed by atoms with Gasteiger partial charge in [-0.05, 0) is 63.4 Å². The SMILES string of the molecule is CCCS(=O)CCc1ccc2ncc(C(=O)NC(C)(C)C)c(Nc3ccccc3)c2c1. The Bertz CT molecular complexity index is 1080. The molecule has 1 amide bonds. The molecule has 0 saturated carbocycles. The largest absolute Gasteiger partial charge is 0.354 e. The maximum atomic E-state index is 13.1. The van der Waals surface area contributed by atoms with E-state index < -0.39 is 10.8 Å². The smallest absolute Gasteiger partial charge is 0.255 e. The maximum Gasteiger partial charge on any atom is 0.255 e. The van der Waals surface area contributed by atoms with Gasteiger partial charge in [-0.15, -0.1) is 0 Å². The number of aryl methyl sites for hydroxylation is 1. The third-order valence-electron chi connectivity index (χ3n) is 4.76. The molecule has 2 aromatic carbocycles. The first-order valence-corrected chi connectivity index (χ1v) is 12.2. The lowest BCUT2D eigenvalue weighted by Gasteiger charge is -2.22. The van der Waals surface area contributed by atoms with Crippen molar-refractivity contribution < 1.29 is 9.00 Å². The molecule has 0 radical (unpaired) electrons. The fourth-order valence-electron chi connectivity index (χ4n) is 3.34. The van der Waals surface area contributed by atoms with Crippen LogP contribution in [0.1, 0.15) is 50.0 Å². The number of benzene rings is 2. The Labute approximate surface area is 187 Å². The summed E-state index contributed by atoms with van der Waals surface area (Å²) in [6, 6.07) is 15.9. The van der Waals surface area contributed by atoms with Gasteiger partial charge in [0.05, 0.1) is 16.8 Å². The van der Waals surface area contributed by atoms with E-state index in [1.807, 2.05) is 70.2 Å². The van der Waals surface area contributed by atoms with Crippen LogP contribution >= 0.6 is 0 Å². The van der Waals surface area contributed by atoms with Gasteiger partial charge in [0.25, 0.3) is 5.91 Å². The average Bonchev–Trinajstić information content (AvgIpc) is 2.72. The van der Waals surface area contributed by atoms with E-state index in [0.717, 1.165) is 46.4 Å². The molecule has 0 aliphatic heterocycles. The van der Waals surface area contributed by atoms with Gasteiger partial charge in [0.15, 0.2) is 0 Å². The molecule has 2 N–H and O–H groups in total. The monoisotopic (exact) mass is 437 g/mol. The number of rotatable bonds is 8. The molecular formula is C25H31N3O2S. The molecule has 164 valence electrons. The molecule has 0 bridgehead atoms. The number of nitrogens with zero attached hydrogens (tertiary/aromatic N) is 1. The van der Waals surface area contributed by atoms with Crippen molar-refractivity contribution in [3.8, 4) is 0 Å². The molecule has 0 fully saturated rings. The van der Waals surface area contributed by atoms with Crippen molar-refractivity contribution in [1.82, 2.24) is 10.3 Å². The van der Waals surface area contributed by atoms with E-state index in [4.69, 9.17) is 0 Å². The van der Waals surface area contributed by atoms with Crippen molar-refractivity contribution in [2.75, 3.05) is 16.8 Å². The summed E-state index contributed by atoms with van der Waals surface area (Å²) in [6.07, 6.45) is 3.28. The number of aromatic nitrogens is 1. The molecule has 0 aliphatic rings. The van der Waals surface area contributed by atoms with E-state index in [-0.39, 0.29) is 11.4 Å². The van der Waals surface area contributed by atoms with E-state index >= 15 is 0 Å². The number of nitrogens with one attached hydrogen (secondary N) is 2. The van der Waals surface area contributed by atoms with Crippen molar-refractivity contribution in [2.45, 2.75) is 46.1 Å². The van der Waals surface area contributed by atoms with Crippen LogP contribution in [0.2, 0.25) is 0 Å². The minimum atomic E-state index is -0.810. The van der Waals surface area contributed by atoms with Gasteiger partial charge in [0, 0.05) is 45.1 Å². The predicted octanol–water partition coefficient (Wildman–Crippen LogP) is 5.21. The number of anilines is 2. The van der Waals surface area contributed by atoms with Crippen LogP contribution in [-0.4, -0.2) is 32.1 Å². The van der Waals surface area contributed by atoms with Crippen molar-refractivity contribution in [1.29, 1.82) is 0 Å². The second-order valence-corrected chi connectivity index (χ2v) is 10.4. The zero-order valence-corrected chi connectivity index (χ0v) is 19.5. The van der Waals surface area contributed by atoms with E-state index in [2.05, 4.69) is 21.7 Å². The standard InChI is InChI=1S/C25H31N3O2S/c1-5-14-31(30)15-13-18-11-12-22-20(16-18)23(27-19-9-7-6-8-10-19)21(17-26-22)24(29)28-25(2,3)4/h6-12,16-17H,5,13-15H2,1-4H3,(H,26,27)(H,28,29). The normalized spacial score (nSPS) is 12.5. The summed E-state index contributed by atoms with van der Waals surface area (Å²) in [6.45, 7) is 7.92. The Morgan fingerprint density at radius 1 is 1.06 bits per heavy atom. The quantitative estimate of drug-likeness (QED) is 0.508. The summed E-state index contributed by atoms with van der Waals surface area (Å²) in [5.41, 5.74) is 3.66. The van der Waals surface area contributed by atoms with Crippen molar-refractivity contribution in [3.05, 3.63) is 65.9 Å². The minimum absolute atomic E-state index is 0.171. The summed E-state index contributed by atoms with van der Waals surface area (Å²) in [4.78, 5) is 17.6. The van der Waals surface area contributed by atoms with Crippen LogP contribution in [0.15, 0.2) is 54.7 Å². The number of pyridine rings is 1. The number of carbonyl (C=O) groups is 1. The summed E-state index contributed by atoms with van der Waals surface area (Å²) >= 11 is 0. The number of para-hydroxylation sites is 1. The molecule has 0 spiro atoms. The highest BCUT2D eigenvalue weighted by Crippen LogP contribution is 2.30. The number of hydrogen-bond acceptors (Lipinski definition) is 4. The van der Waals surface area contributed by atoms with E-state index in [1.165, 1.54) is 0 Å². The van der Waals surface area contributed by atoms with Crippen molar-refractivity contribution >= 4 is 39.0 Å². The lowest BCUT2D eigenvalue weighted by atomic mass is 10.0. The molecule has 1 unspecified atom stereocenters. The van der Waals surface area contributed by atoms with E-state index in [1.54, 1.807) is 6.20 Å². The lowest BCUT2D eigenvalue weighted by Crippen LogP contribution is -2.40. The Morgan fingerprint density at radius 2 is 1.81 bits per heavy atom. The molecule has 3 rings (SSSR count). The lowest BCUT2D eigenvalue weighted by molar-refractivity contribution is 0.0920. The molecule has 5 nitrogen and oxygen atoms in total. The number of carbonyl (C=O) groups excluding carboxylic acids is 1. The first kappa shape index (κ1) is 22.9. The van der Waals surface area contributed by atoms with Gasteiger partial charge in [-0.3, -0.25) is 14.0 Å². The highest BCUT2D eigenvalue weighted by molar-refractivity contribution is 7.84. The zero-order valence-electron chi connectivity index (χ0n) is 18.7. The Balaban J connectivity index is 2.04. The van der Waals surface area contributed by atoms with Gasteiger partial charge in [0.2, 0.25) is 0 Å². The topological polar surface area (TPSA) is 71.1 Å². The molecule has 0 saturated heterocycles. The number of fused-ring (bicyclic) bond motifs is 1. The molecule has 0 aliphatic carbocycles. The molecule has 6 heteroatoms. The van der Waals surface area contributed by atoms with Crippen LogP contribution in [-0.2, 0) is 17.2 Å². The fraction of sp³-hybridized carbons (Fsp3) is 0.360. The fourth-order valence-corrected chi connectivity index (χ4v) is 4.46. The molecule has 1 aromatic heterocycles. The predicted molar refractivity (Wildman–Crippen MR) is 131 cm³/mol. The minimum Gasteiger partial charge on any atom is -0.354 e. The van der Waals surface area contributed by atoms with E-state index in [0.29, 0.717) is 11.3 Å². The highest BCUT2D eigenvalue weighted by Gasteiger charge is 2.20. The van der Waals surface area contributed by atoms with Crippen LogP contribution < -0.4 is 10.6 Å². The Morgan fingerprint density at radius 3 is 2.48 bits per heavy atom. The number of amides is 1. The van der Waals surface area contributed by atoms with Crippen molar-refractivity contribution in [3.63, 3.8) is 0 Å². The van der Waals surface area contributed by atoms with Gasteiger partial charge < -0.3 is 10.6 Å². The van der Waals surface area contributed by atoms with Crippen LogP contribution in [0.3, 0.4) is 0 Å². The molecule has 1 atom stereocenters. The summed E-state index contributed by atoms with van der Waals surface area (Å²) in [5.74, 6) is 1.20. The van der Waals surface area contributed by atoms with Crippen LogP contribution in [0.4, 0.5) is 11.4 Å². The summed E-state index contributed by atoms with van der Waals surface area (Å²) < 4.78 is 12.1. The van der Waals surface area contributed by atoms with Gasteiger partial charge in [-0.2, -0.15) is 0 Å². The average molecular weight is 438 g/mol. The van der Waals surface area contributed by atoms with Crippen molar-refractivity contribution in [2.24, 2.45) is 0 Å². The van der Waals surface area contributed by atoms with Gasteiger partial charge >= 0.3 is 0 Å². The second-order valence-electron chi connectivity index (χ2n) is 8.69. The first-order chi connectivity index (χ1) is 14.8. The summed E-state index contributed by atoms with van der Waals surface area (Å²) in [5, 5.41) is 7.35. The number of hydrogen-bond donors (Lipinski definition) is 2. The third kappa shape index (κ3) is 6.37.